The van der Waals surface area contributed by atoms with Crippen LogP contribution in [0.4, 0.5) is 5.82 Å². The minimum absolute atomic E-state index is 0.0321. The van der Waals surface area contributed by atoms with Crippen molar-refractivity contribution in [1.82, 2.24) is 15.1 Å². The lowest BCUT2D eigenvalue weighted by Crippen LogP contribution is -2.28. The molecule has 2 aromatic carbocycles. The van der Waals surface area contributed by atoms with Crippen molar-refractivity contribution in [1.29, 1.82) is 0 Å². The van der Waals surface area contributed by atoms with Gasteiger partial charge in [-0.25, -0.2) is 4.68 Å². The van der Waals surface area contributed by atoms with Crippen LogP contribution in [0, 0.1) is 6.92 Å². The largest absolute Gasteiger partial charge is 0.497 e. The first-order chi connectivity index (χ1) is 14.1. The molecule has 0 spiro atoms. The number of carbonyl (C=O) groups is 2. The van der Waals surface area contributed by atoms with Crippen LogP contribution >= 0.6 is 0 Å². The molecule has 1 aliphatic heterocycles. The molecule has 7 heteroatoms. The molecule has 1 unspecified atom stereocenters. The van der Waals surface area contributed by atoms with Gasteiger partial charge in [-0.15, -0.1) is 0 Å². The average molecular weight is 390 g/mol. The van der Waals surface area contributed by atoms with Gasteiger partial charge < -0.3 is 15.4 Å². The molecule has 0 saturated heterocycles. The standard InChI is InChI=1S/C22H22N4O3/c1-14-20(16-9-6-10-17(11-16)29-2)21-24-22(28)18(26(21)25-14)12-19(27)23-13-15-7-4-3-5-8-15/h3-11,18H,12-13H2,1-2H3,(H,23,27)(H,24,28). The fourth-order valence-electron chi connectivity index (χ4n) is 3.55. The van der Waals surface area contributed by atoms with E-state index in [4.69, 9.17) is 4.74 Å². The Kier molecular flexibility index (Phi) is 5.03. The summed E-state index contributed by atoms with van der Waals surface area (Å²) in [6.45, 7) is 2.31. The maximum absolute atomic E-state index is 12.5. The van der Waals surface area contributed by atoms with Crippen molar-refractivity contribution in [2.24, 2.45) is 0 Å². The van der Waals surface area contributed by atoms with E-state index in [1.165, 1.54) is 0 Å². The second-order valence-electron chi connectivity index (χ2n) is 6.96. The number of aromatic nitrogens is 2. The van der Waals surface area contributed by atoms with Crippen molar-refractivity contribution in [3.63, 3.8) is 0 Å². The van der Waals surface area contributed by atoms with E-state index in [2.05, 4.69) is 15.7 Å². The molecule has 148 valence electrons. The predicted molar refractivity (Wildman–Crippen MR) is 110 cm³/mol. The molecule has 2 N–H and O–H groups in total. The summed E-state index contributed by atoms with van der Waals surface area (Å²) in [6, 6.07) is 16.6. The molecular formula is C22H22N4O3. The number of ether oxygens (including phenoxy) is 1. The monoisotopic (exact) mass is 390 g/mol. The third-order valence-corrected chi connectivity index (χ3v) is 4.99. The topological polar surface area (TPSA) is 85.2 Å². The Morgan fingerprint density at radius 1 is 1.21 bits per heavy atom. The van der Waals surface area contributed by atoms with Crippen LogP contribution < -0.4 is 15.4 Å². The summed E-state index contributed by atoms with van der Waals surface area (Å²) >= 11 is 0. The summed E-state index contributed by atoms with van der Waals surface area (Å²) in [5.74, 6) is 0.911. The van der Waals surface area contributed by atoms with Gasteiger partial charge in [0.05, 0.1) is 19.2 Å². The molecule has 29 heavy (non-hydrogen) atoms. The number of benzene rings is 2. The highest BCUT2D eigenvalue weighted by atomic mass is 16.5. The van der Waals surface area contributed by atoms with Crippen molar-refractivity contribution in [2.75, 3.05) is 12.4 Å². The number of hydrogen-bond donors (Lipinski definition) is 2. The van der Waals surface area contributed by atoms with E-state index in [0.717, 1.165) is 28.1 Å². The Morgan fingerprint density at radius 3 is 2.76 bits per heavy atom. The van der Waals surface area contributed by atoms with Crippen LogP contribution in [-0.4, -0.2) is 28.7 Å². The van der Waals surface area contributed by atoms with E-state index in [1.807, 2.05) is 61.5 Å². The van der Waals surface area contributed by atoms with Crippen LogP contribution in [0.2, 0.25) is 0 Å². The number of anilines is 1. The molecule has 0 aliphatic carbocycles. The molecule has 3 aromatic rings. The number of aryl methyl sites for hydroxylation is 1. The van der Waals surface area contributed by atoms with Gasteiger partial charge in [0.25, 0.3) is 5.91 Å². The maximum atomic E-state index is 12.5. The first kappa shape index (κ1) is 18.7. The van der Waals surface area contributed by atoms with Crippen molar-refractivity contribution in [3.8, 4) is 16.9 Å². The number of carbonyl (C=O) groups excluding carboxylic acids is 2. The van der Waals surface area contributed by atoms with E-state index < -0.39 is 6.04 Å². The highest BCUT2D eigenvalue weighted by Crippen LogP contribution is 2.39. The molecule has 2 amide bonds. The molecule has 1 aliphatic rings. The number of nitrogens with zero attached hydrogens (tertiary/aromatic N) is 2. The zero-order chi connectivity index (χ0) is 20.4. The van der Waals surface area contributed by atoms with Crippen LogP contribution in [0.25, 0.3) is 11.1 Å². The summed E-state index contributed by atoms with van der Waals surface area (Å²) in [4.78, 5) is 25.0. The fraction of sp³-hybridized carbons (Fsp3) is 0.227. The third kappa shape index (κ3) is 3.71. The molecule has 0 radical (unpaired) electrons. The van der Waals surface area contributed by atoms with E-state index in [1.54, 1.807) is 11.8 Å². The SMILES string of the molecule is COc1cccc(-c2c(C)nn3c2NC(=O)C3CC(=O)NCc2ccccc2)c1. The molecule has 1 atom stereocenters. The number of methoxy groups -OCH3 is 1. The Morgan fingerprint density at radius 2 is 2.00 bits per heavy atom. The highest BCUT2D eigenvalue weighted by molar-refractivity contribution is 6.03. The molecule has 7 nitrogen and oxygen atoms in total. The summed E-state index contributed by atoms with van der Waals surface area (Å²) in [5.41, 5.74) is 3.53. The van der Waals surface area contributed by atoms with Crippen molar-refractivity contribution < 1.29 is 14.3 Å². The Bertz CT molecular complexity index is 1060. The Labute approximate surface area is 168 Å². The molecular weight excluding hydrogens is 368 g/mol. The maximum Gasteiger partial charge on any atom is 0.251 e. The van der Waals surface area contributed by atoms with E-state index in [9.17, 15) is 9.59 Å². The van der Waals surface area contributed by atoms with E-state index in [0.29, 0.717) is 12.4 Å². The molecule has 2 heterocycles. The summed E-state index contributed by atoms with van der Waals surface area (Å²) in [5, 5.41) is 10.3. The van der Waals surface area contributed by atoms with Gasteiger partial charge in [-0.2, -0.15) is 5.10 Å². The highest BCUT2D eigenvalue weighted by Gasteiger charge is 2.36. The van der Waals surface area contributed by atoms with Gasteiger partial charge in [-0.3, -0.25) is 9.59 Å². The van der Waals surface area contributed by atoms with Crippen molar-refractivity contribution in [3.05, 3.63) is 65.9 Å². The van der Waals surface area contributed by atoms with Gasteiger partial charge in [0.15, 0.2) is 0 Å². The third-order valence-electron chi connectivity index (χ3n) is 4.99. The number of amides is 2. The Hall–Kier alpha value is -3.61. The predicted octanol–water partition coefficient (Wildman–Crippen LogP) is 3.07. The van der Waals surface area contributed by atoms with Crippen LogP contribution in [0.3, 0.4) is 0 Å². The van der Waals surface area contributed by atoms with Crippen molar-refractivity contribution in [2.45, 2.75) is 25.9 Å². The normalized spacial score (nSPS) is 15.0. The smallest absolute Gasteiger partial charge is 0.251 e. The molecule has 0 fully saturated rings. The fourth-order valence-corrected chi connectivity index (χ4v) is 3.55. The Balaban J connectivity index is 1.53. The zero-order valence-electron chi connectivity index (χ0n) is 16.3. The second kappa shape index (κ2) is 7.79. The van der Waals surface area contributed by atoms with E-state index in [-0.39, 0.29) is 18.2 Å². The molecule has 4 rings (SSSR count). The lowest BCUT2D eigenvalue weighted by atomic mass is 10.1. The first-order valence-corrected chi connectivity index (χ1v) is 9.42. The van der Waals surface area contributed by atoms with Crippen LogP contribution in [-0.2, 0) is 16.1 Å². The summed E-state index contributed by atoms with van der Waals surface area (Å²) in [7, 11) is 1.61. The van der Waals surface area contributed by atoms with Crippen LogP contribution in [0.15, 0.2) is 54.6 Å². The molecule has 0 bridgehead atoms. The van der Waals surface area contributed by atoms with Crippen LogP contribution in [0.1, 0.15) is 23.7 Å². The average Bonchev–Trinajstić information content (AvgIpc) is 3.21. The minimum atomic E-state index is -0.668. The molecule has 1 aromatic heterocycles. The van der Waals surface area contributed by atoms with Gasteiger partial charge >= 0.3 is 0 Å². The number of hydrogen-bond acceptors (Lipinski definition) is 4. The van der Waals surface area contributed by atoms with Gasteiger partial charge in [-0.1, -0.05) is 42.5 Å². The number of rotatable bonds is 6. The lowest BCUT2D eigenvalue weighted by Gasteiger charge is -2.10. The summed E-state index contributed by atoms with van der Waals surface area (Å²) in [6.07, 6.45) is 0.0321. The van der Waals surface area contributed by atoms with Crippen molar-refractivity contribution >= 4 is 17.6 Å². The summed E-state index contributed by atoms with van der Waals surface area (Å²) < 4.78 is 6.92. The minimum Gasteiger partial charge on any atom is -0.497 e. The van der Waals surface area contributed by atoms with E-state index >= 15 is 0 Å². The van der Waals surface area contributed by atoms with Gasteiger partial charge in [0.2, 0.25) is 5.91 Å². The number of nitrogens with one attached hydrogen (secondary N) is 2. The van der Waals surface area contributed by atoms with Crippen LogP contribution in [0.5, 0.6) is 5.75 Å². The second-order valence-corrected chi connectivity index (χ2v) is 6.96. The quantitative estimate of drug-likeness (QED) is 0.677. The number of fused-ring (bicyclic) bond motifs is 1. The zero-order valence-corrected chi connectivity index (χ0v) is 16.3. The first-order valence-electron chi connectivity index (χ1n) is 9.42. The van der Waals surface area contributed by atoms with Gasteiger partial charge in [-0.05, 0) is 30.2 Å². The molecule has 0 saturated carbocycles. The van der Waals surface area contributed by atoms with Gasteiger partial charge in [0.1, 0.15) is 17.6 Å². The lowest BCUT2D eigenvalue weighted by molar-refractivity contribution is -0.126. The van der Waals surface area contributed by atoms with Gasteiger partial charge in [0, 0.05) is 12.1 Å².